The molecular weight excluding hydrogens is 280 g/mol. The number of hydrogen-bond acceptors (Lipinski definition) is 3. The zero-order valence-electron chi connectivity index (χ0n) is 13.0. The minimum absolute atomic E-state index is 0.0132. The number of rotatable bonds is 5. The van der Waals surface area contributed by atoms with Crippen LogP contribution in [0.1, 0.15) is 33.8 Å². The first-order valence-corrected chi connectivity index (χ1v) is 7.95. The fraction of sp³-hybridized carbons (Fsp3) is 0.353. The molecule has 0 radical (unpaired) electrons. The summed E-state index contributed by atoms with van der Waals surface area (Å²) in [5, 5.41) is 6.23. The highest BCUT2D eigenvalue weighted by Crippen LogP contribution is 2.25. The van der Waals surface area contributed by atoms with Crippen LogP contribution in [-0.2, 0) is 4.79 Å². The van der Waals surface area contributed by atoms with E-state index in [2.05, 4.69) is 37.5 Å². The third-order valence-electron chi connectivity index (χ3n) is 3.53. The lowest BCUT2D eigenvalue weighted by molar-refractivity contribution is -0.115. The van der Waals surface area contributed by atoms with Gasteiger partial charge in [0.1, 0.15) is 0 Å². The van der Waals surface area contributed by atoms with Gasteiger partial charge >= 0.3 is 0 Å². The van der Waals surface area contributed by atoms with Gasteiger partial charge in [-0.25, -0.2) is 0 Å². The minimum atomic E-state index is -0.0132. The smallest absolute Gasteiger partial charge is 0.238 e. The van der Waals surface area contributed by atoms with E-state index in [1.165, 1.54) is 15.3 Å². The van der Waals surface area contributed by atoms with Crippen molar-refractivity contribution in [1.29, 1.82) is 0 Å². The van der Waals surface area contributed by atoms with Gasteiger partial charge in [0, 0.05) is 21.5 Å². The Morgan fingerprint density at radius 1 is 1.24 bits per heavy atom. The molecule has 112 valence electrons. The van der Waals surface area contributed by atoms with Crippen molar-refractivity contribution in [2.45, 2.75) is 33.7 Å². The number of benzene rings is 1. The van der Waals surface area contributed by atoms with Gasteiger partial charge in [0.25, 0.3) is 0 Å². The van der Waals surface area contributed by atoms with Crippen molar-refractivity contribution in [1.82, 2.24) is 5.32 Å². The molecule has 1 aromatic carbocycles. The van der Waals surface area contributed by atoms with Crippen LogP contribution in [0.5, 0.6) is 0 Å². The molecule has 0 spiro atoms. The average molecular weight is 302 g/mol. The van der Waals surface area contributed by atoms with Crippen molar-refractivity contribution in [2.24, 2.45) is 0 Å². The van der Waals surface area contributed by atoms with Crippen LogP contribution in [0.2, 0.25) is 0 Å². The van der Waals surface area contributed by atoms with E-state index in [4.69, 9.17) is 0 Å². The maximum Gasteiger partial charge on any atom is 0.238 e. The summed E-state index contributed by atoms with van der Waals surface area (Å²) in [6.07, 6.45) is 0. The molecule has 0 aliphatic carbocycles. The van der Waals surface area contributed by atoms with Crippen LogP contribution < -0.4 is 10.6 Å². The van der Waals surface area contributed by atoms with Crippen LogP contribution in [0.15, 0.2) is 30.3 Å². The molecule has 2 rings (SSSR count). The first-order valence-electron chi connectivity index (χ1n) is 7.13. The second kappa shape index (κ2) is 6.87. The van der Waals surface area contributed by atoms with E-state index in [1.54, 1.807) is 11.3 Å². The molecule has 0 saturated carbocycles. The van der Waals surface area contributed by atoms with Crippen molar-refractivity contribution >= 4 is 22.9 Å². The molecule has 1 amide bonds. The molecule has 1 unspecified atom stereocenters. The Morgan fingerprint density at radius 2 is 1.95 bits per heavy atom. The zero-order chi connectivity index (χ0) is 15.4. The van der Waals surface area contributed by atoms with E-state index in [0.29, 0.717) is 6.54 Å². The van der Waals surface area contributed by atoms with Gasteiger partial charge in [-0.05, 0) is 51.0 Å². The normalized spacial score (nSPS) is 12.2. The van der Waals surface area contributed by atoms with E-state index in [-0.39, 0.29) is 11.9 Å². The Labute approximate surface area is 130 Å². The number of para-hydroxylation sites is 1. The molecule has 2 N–H and O–H groups in total. The van der Waals surface area contributed by atoms with Gasteiger partial charge in [0.05, 0.1) is 6.54 Å². The zero-order valence-corrected chi connectivity index (χ0v) is 13.8. The van der Waals surface area contributed by atoms with Crippen LogP contribution in [0, 0.1) is 20.8 Å². The minimum Gasteiger partial charge on any atom is -0.325 e. The second-order valence-electron chi connectivity index (χ2n) is 5.33. The summed E-state index contributed by atoms with van der Waals surface area (Å²) in [5.41, 5.74) is 3.23. The molecule has 0 aliphatic rings. The molecule has 0 fully saturated rings. The predicted molar refractivity (Wildman–Crippen MR) is 90.0 cm³/mol. The SMILES string of the molecule is Cc1cc(C(C)NCC(=O)Nc2ccccc2C)c(C)s1. The summed E-state index contributed by atoms with van der Waals surface area (Å²) >= 11 is 1.80. The molecule has 0 aliphatic heterocycles. The number of aryl methyl sites for hydroxylation is 3. The maximum absolute atomic E-state index is 12.0. The van der Waals surface area contributed by atoms with Gasteiger partial charge in [0.2, 0.25) is 5.91 Å². The Balaban J connectivity index is 1.89. The number of amides is 1. The summed E-state index contributed by atoms with van der Waals surface area (Å²) in [5.74, 6) is -0.0132. The number of hydrogen-bond donors (Lipinski definition) is 2. The molecule has 4 heteroatoms. The lowest BCUT2D eigenvalue weighted by atomic mass is 10.1. The molecule has 21 heavy (non-hydrogen) atoms. The highest BCUT2D eigenvalue weighted by Gasteiger charge is 2.12. The standard InChI is InChI=1S/C17H22N2OS/c1-11-7-5-6-8-16(11)19-17(20)10-18-13(3)15-9-12(2)21-14(15)4/h5-9,13,18H,10H2,1-4H3,(H,19,20). The summed E-state index contributed by atoms with van der Waals surface area (Å²) < 4.78 is 0. The number of anilines is 1. The monoisotopic (exact) mass is 302 g/mol. The van der Waals surface area contributed by atoms with E-state index in [9.17, 15) is 4.79 Å². The van der Waals surface area contributed by atoms with Crippen molar-refractivity contribution in [3.8, 4) is 0 Å². The van der Waals surface area contributed by atoms with Gasteiger partial charge in [-0.3, -0.25) is 4.79 Å². The van der Waals surface area contributed by atoms with Gasteiger partial charge < -0.3 is 10.6 Å². The molecule has 0 saturated heterocycles. The molecule has 2 aromatic rings. The van der Waals surface area contributed by atoms with Gasteiger partial charge in [-0.2, -0.15) is 0 Å². The molecule has 1 heterocycles. The Hall–Kier alpha value is -1.65. The molecule has 1 aromatic heterocycles. The van der Waals surface area contributed by atoms with Crippen molar-refractivity contribution in [3.63, 3.8) is 0 Å². The van der Waals surface area contributed by atoms with Gasteiger partial charge in [-0.1, -0.05) is 18.2 Å². The van der Waals surface area contributed by atoms with Crippen LogP contribution >= 0.6 is 11.3 Å². The number of thiophene rings is 1. The van der Waals surface area contributed by atoms with E-state index < -0.39 is 0 Å². The van der Waals surface area contributed by atoms with Crippen LogP contribution in [0.25, 0.3) is 0 Å². The summed E-state index contributed by atoms with van der Waals surface area (Å²) in [6, 6.07) is 10.2. The quantitative estimate of drug-likeness (QED) is 0.877. The highest BCUT2D eigenvalue weighted by atomic mass is 32.1. The lowest BCUT2D eigenvalue weighted by Gasteiger charge is -2.14. The Bertz CT molecular complexity index is 633. The third-order valence-corrected chi connectivity index (χ3v) is 4.52. The third kappa shape index (κ3) is 4.16. The van der Waals surface area contributed by atoms with Crippen molar-refractivity contribution in [3.05, 3.63) is 51.2 Å². The topological polar surface area (TPSA) is 41.1 Å². The van der Waals surface area contributed by atoms with Crippen molar-refractivity contribution in [2.75, 3.05) is 11.9 Å². The second-order valence-corrected chi connectivity index (χ2v) is 6.79. The fourth-order valence-corrected chi connectivity index (χ4v) is 3.37. The lowest BCUT2D eigenvalue weighted by Crippen LogP contribution is -2.30. The average Bonchev–Trinajstić information content (AvgIpc) is 2.78. The number of carbonyl (C=O) groups excluding carboxylic acids is 1. The first kappa shape index (κ1) is 15.7. The Kier molecular flexibility index (Phi) is 5.15. The largest absolute Gasteiger partial charge is 0.325 e. The first-order chi connectivity index (χ1) is 9.97. The van der Waals surface area contributed by atoms with Gasteiger partial charge in [0.15, 0.2) is 0 Å². The van der Waals surface area contributed by atoms with Crippen LogP contribution in [0.4, 0.5) is 5.69 Å². The molecule has 1 atom stereocenters. The summed E-state index contributed by atoms with van der Waals surface area (Å²) in [6.45, 7) is 8.62. The summed E-state index contributed by atoms with van der Waals surface area (Å²) in [7, 11) is 0. The van der Waals surface area contributed by atoms with Crippen molar-refractivity contribution < 1.29 is 4.79 Å². The van der Waals surface area contributed by atoms with Gasteiger partial charge in [-0.15, -0.1) is 11.3 Å². The molecule has 0 bridgehead atoms. The Morgan fingerprint density at radius 3 is 2.57 bits per heavy atom. The highest BCUT2D eigenvalue weighted by molar-refractivity contribution is 7.12. The van der Waals surface area contributed by atoms with E-state index in [0.717, 1.165) is 11.3 Å². The van der Waals surface area contributed by atoms with Crippen LogP contribution in [0.3, 0.4) is 0 Å². The predicted octanol–water partition coefficient (Wildman–Crippen LogP) is 3.96. The van der Waals surface area contributed by atoms with E-state index >= 15 is 0 Å². The number of nitrogens with one attached hydrogen (secondary N) is 2. The fourth-order valence-electron chi connectivity index (χ4n) is 2.34. The molecular formula is C17H22N2OS. The van der Waals surface area contributed by atoms with E-state index in [1.807, 2.05) is 31.2 Å². The maximum atomic E-state index is 12.0. The summed E-state index contributed by atoms with van der Waals surface area (Å²) in [4.78, 5) is 14.6. The molecule has 3 nitrogen and oxygen atoms in total. The number of carbonyl (C=O) groups is 1. The van der Waals surface area contributed by atoms with Crippen LogP contribution in [-0.4, -0.2) is 12.5 Å².